The molecule has 146 valence electrons. The Morgan fingerprint density at radius 1 is 0.964 bits per heavy atom. The second kappa shape index (κ2) is 8.33. The fraction of sp³-hybridized carbons (Fsp3) is 0.304. The summed E-state index contributed by atoms with van der Waals surface area (Å²) >= 11 is 0. The Labute approximate surface area is 166 Å². The Kier molecular flexibility index (Phi) is 5.64. The third kappa shape index (κ3) is 4.21. The minimum absolute atomic E-state index is 0.197. The Morgan fingerprint density at radius 2 is 1.75 bits per heavy atom. The topological polar surface area (TPSA) is 62.0 Å². The first-order valence-corrected chi connectivity index (χ1v) is 11.6. The number of unbranched alkanes of at least 4 members (excludes halogenated alkanes) is 1. The number of hydrogen-bond acceptors (Lipinski definition) is 3. The van der Waals surface area contributed by atoms with Gasteiger partial charge in [0.2, 0.25) is 0 Å². The van der Waals surface area contributed by atoms with Gasteiger partial charge in [-0.2, -0.15) is 0 Å². The standard InChI is InChI=1S/C23H26N2O2S/c26-28(27,23-17-25-22-12-5-4-11-21(22)23)15-7-6-10-20-16-19(13-14-24-20)18-8-2-1-3-9-18/h1-5,8-9,11-13,17,20,24-25H,6-7,10,14-16H2. The van der Waals surface area contributed by atoms with Gasteiger partial charge in [-0.25, -0.2) is 8.42 Å². The van der Waals surface area contributed by atoms with E-state index < -0.39 is 9.84 Å². The fourth-order valence-electron chi connectivity index (χ4n) is 3.96. The number of rotatable bonds is 7. The fourth-order valence-corrected chi connectivity index (χ4v) is 5.51. The number of para-hydroxylation sites is 1. The number of aromatic nitrogens is 1. The van der Waals surface area contributed by atoms with E-state index in [1.807, 2.05) is 30.3 Å². The summed E-state index contributed by atoms with van der Waals surface area (Å²) in [6.45, 7) is 0.878. The molecular formula is C23H26N2O2S. The maximum atomic E-state index is 12.8. The lowest BCUT2D eigenvalue weighted by Crippen LogP contribution is -2.32. The number of H-pyrrole nitrogens is 1. The third-order valence-electron chi connectivity index (χ3n) is 5.47. The van der Waals surface area contributed by atoms with E-state index in [9.17, 15) is 8.42 Å². The van der Waals surface area contributed by atoms with Crippen molar-refractivity contribution in [2.75, 3.05) is 12.3 Å². The number of nitrogens with one attached hydrogen (secondary N) is 2. The van der Waals surface area contributed by atoms with Crippen molar-refractivity contribution in [2.24, 2.45) is 0 Å². The van der Waals surface area contributed by atoms with Crippen molar-refractivity contribution in [3.63, 3.8) is 0 Å². The normalized spacial score (nSPS) is 17.6. The first-order chi connectivity index (χ1) is 13.6. The van der Waals surface area contributed by atoms with Crippen LogP contribution in [-0.2, 0) is 9.84 Å². The molecule has 3 aromatic rings. The largest absolute Gasteiger partial charge is 0.360 e. The monoisotopic (exact) mass is 394 g/mol. The number of sulfone groups is 1. The first-order valence-electron chi connectivity index (χ1n) is 9.90. The molecule has 4 nitrogen and oxygen atoms in total. The molecule has 0 radical (unpaired) electrons. The van der Waals surface area contributed by atoms with Crippen LogP contribution in [0.15, 0.2) is 71.8 Å². The van der Waals surface area contributed by atoms with Crippen molar-refractivity contribution in [1.82, 2.24) is 10.3 Å². The van der Waals surface area contributed by atoms with Gasteiger partial charge in [0.1, 0.15) is 0 Å². The van der Waals surface area contributed by atoms with Crippen LogP contribution < -0.4 is 5.32 Å². The summed E-state index contributed by atoms with van der Waals surface area (Å²) in [7, 11) is -3.26. The van der Waals surface area contributed by atoms with Crippen molar-refractivity contribution >= 4 is 26.3 Å². The molecule has 5 heteroatoms. The van der Waals surface area contributed by atoms with E-state index in [1.165, 1.54) is 11.1 Å². The average molecular weight is 395 g/mol. The lowest BCUT2D eigenvalue weighted by molar-refractivity contribution is 0.481. The van der Waals surface area contributed by atoms with Gasteiger partial charge in [-0.15, -0.1) is 0 Å². The summed E-state index contributed by atoms with van der Waals surface area (Å²) in [5, 5.41) is 4.32. The Hall–Kier alpha value is -2.37. The van der Waals surface area contributed by atoms with E-state index in [-0.39, 0.29) is 5.75 Å². The number of hydrogen-bond donors (Lipinski definition) is 2. The molecule has 0 bridgehead atoms. The van der Waals surface area contributed by atoms with Crippen LogP contribution >= 0.6 is 0 Å². The second-order valence-electron chi connectivity index (χ2n) is 7.42. The summed E-state index contributed by atoms with van der Waals surface area (Å²) in [5.41, 5.74) is 3.54. The quantitative estimate of drug-likeness (QED) is 0.578. The van der Waals surface area contributed by atoms with E-state index in [0.29, 0.717) is 17.4 Å². The van der Waals surface area contributed by atoms with E-state index in [2.05, 4.69) is 40.6 Å². The van der Waals surface area contributed by atoms with Crippen molar-refractivity contribution in [3.8, 4) is 0 Å². The molecule has 0 saturated heterocycles. The maximum Gasteiger partial charge on any atom is 0.180 e. The van der Waals surface area contributed by atoms with Gasteiger partial charge in [0.15, 0.2) is 9.84 Å². The lowest BCUT2D eigenvalue weighted by Gasteiger charge is -2.24. The highest BCUT2D eigenvalue weighted by molar-refractivity contribution is 7.91. The van der Waals surface area contributed by atoms with Gasteiger partial charge in [0, 0.05) is 29.7 Å². The van der Waals surface area contributed by atoms with Crippen LogP contribution in [0.3, 0.4) is 0 Å². The van der Waals surface area contributed by atoms with E-state index >= 15 is 0 Å². The van der Waals surface area contributed by atoms with Crippen LogP contribution in [0.5, 0.6) is 0 Å². The zero-order valence-electron chi connectivity index (χ0n) is 15.9. The summed E-state index contributed by atoms with van der Waals surface area (Å²) in [6, 6.07) is 18.5. The predicted octanol–water partition coefficient (Wildman–Crippen LogP) is 4.56. The second-order valence-corrected chi connectivity index (χ2v) is 9.50. The Balaban J connectivity index is 1.30. The van der Waals surface area contributed by atoms with E-state index in [4.69, 9.17) is 0 Å². The molecule has 0 amide bonds. The van der Waals surface area contributed by atoms with Crippen LogP contribution in [0.1, 0.15) is 31.2 Å². The lowest BCUT2D eigenvalue weighted by atomic mass is 9.93. The van der Waals surface area contributed by atoms with Crippen LogP contribution in [0.2, 0.25) is 0 Å². The molecule has 2 heterocycles. The predicted molar refractivity (Wildman–Crippen MR) is 115 cm³/mol. The van der Waals surface area contributed by atoms with Crippen LogP contribution in [0.4, 0.5) is 0 Å². The average Bonchev–Trinajstić information content (AvgIpc) is 3.17. The molecule has 1 aromatic heterocycles. The Bertz CT molecular complexity index is 1070. The van der Waals surface area contributed by atoms with Crippen molar-refractivity contribution in [3.05, 3.63) is 72.4 Å². The Morgan fingerprint density at radius 3 is 2.61 bits per heavy atom. The van der Waals surface area contributed by atoms with Crippen LogP contribution in [0.25, 0.3) is 16.5 Å². The summed E-state index contributed by atoms with van der Waals surface area (Å²) in [5.74, 6) is 0.197. The highest BCUT2D eigenvalue weighted by Crippen LogP contribution is 2.26. The molecular weight excluding hydrogens is 368 g/mol. The van der Waals surface area contributed by atoms with Gasteiger partial charge >= 0.3 is 0 Å². The van der Waals surface area contributed by atoms with E-state index in [0.717, 1.165) is 36.7 Å². The zero-order chi connectivity index (χ0) is 19.4. The number of fused-ring (bicyclic) bond motifs is 1. The number of benzene rings is 2. The molecule has 2 N–H and O–H groups in total. The van der Waals surface area contributed by atoms with Gasteiger partial charge in [-0.1, -0.05) is 61.0 Å². The summed E-state index contributed by atoms with van der Waals surface area (Å²) < 4.78 is 25.5. The molecule has 4 rings (SSSR count). The van der Waals surface area contributed by atoms with Crippen LogP contribution in [0, 0.1) is 0 Å². The summed E-state index contributed by atoms with van der Waals surface area (Å²) in [6.07, 6.45) is 7.46. The molecule has 1 aliphatic rings. The highest BCUT2D eigenvalue weighted by atomic mass is 32.2. The van der Waals surface area contributed by atoms with Crippen molar-refractivity contribution < 1.29 is 8.42 Å². The molecule has 1 aliphatic heterocycles. The highest BCUT2D eigenvalue weighted by Gasteiger charge is 2.20. The molecule has 1 atom stereocenters. The zero-order valence-corrected chi connectivity index (χ0v) is 16.7. The SMILES string of the molecule is O=S(=O)(CCCCC1CC(c2ccccc2)=CCN1)c1c[nH]c2ccccc12. The molecule has 0 spiro atoms. The number of aromatic amines is 1. The summed E-state index contributed by atoms with van der Waals surface area (Å²) in [4.78, 5) is 3.49. The van der Waals surface area contributed by atoms with Crippen molar-refractivity contribution in [1.29, 1.82) is 0 Å². The van der Waals surface area contributed by atoms with Gasteiger partial charge in [0.25, 0.3) is 0 Å². The smallest absolute Gasteiger partial charge is 0.180 e. The molecule has 0 fully saturated rings. The molecule has 28 heavy (non-hydrogen) atoms. The molecule has 1 unspecified atom stereocenters. The first kappa shape index (κ1) is 19.0. The van der Waals surface area contributed by atoms with Gasteiger partial charge < -0.3 is 10.3 Å². The van der Waals surface area contributed by atoms with Crippen molar-refractivity contribution in [2.45, 2.75) is 36.6 Å². The molecule has 0 saturated carbocycles. The molecule has 2 aromatic carbocycles. The van der Waals surface area contributed by atoms with E-state index in [1.54, 1.807) is 6.20 Å². The maximum absolute atomic E-state index is 12.8. The minimum atomic E-state index is -3.26. The third-order valence-corrected chi connectivity index (χ3v) is 7.30. The van der Waals surface area contributed by atoms with Crippen LogP contribution in [-0.4, -0.2) is 31.7 Å². The van der Waals surface area contributed by atoms with Gasteiger partial charge in [-0.05, 0) is 36.5 Å². The van der Waals surface area contributed by atoms with Gasteiger partial charge in [0.05, 0.1) is 10.6 Å². The molecule has 0 aliphatic carbocycles. The minimum Gasteiger partial charge on any atom is -0.360 e. The van der Waals surface area contributed by atoms with Gasteiger partial charge in [-0.3, -0.25) is 0 Å².